The number of hydrogen-bond acceptors (Lipinski definition) is 2. The fraction of sp³-hybridized carbons (Fsp3) is 0.556. The second kappa shape index (κ2) is 8.23. The number of piperidine rings is 1. The first-order valence-electron chi connectivity index (χ1n) is 7.95. The van der Waals surface area contributed by atoms with Crippen LogP contribution in [0.15, 0.2) is 36.4 Å². The lowest BCUT2D eigenvalue weighted by Gasteiger charge is -2.35. The molecule has 1 aromatic rings. The molecule has 110 valence electrons. The van der Waals surface area contributed by atoms with Gasteiger partial charge in [0.15, 0.2) is 0 Å². The molecule has 20 heavy (non-hydrogen) atoms. The molecule has 1 unspecified atom stereocenters. The van der Waals surface area contributed by atoms with Crippen LogP contribution in [0, 0.1) is 0 Å². The van der Waals surface area contributed by atoms with E-state index in [2.05, 4.69) is 66.5 Å². The summed E-state index contributed by atoms with van der Waals surface area (Å²) in [7, 11) is 0. The van der Waals surface area contributed by atoms with Crippen molar-refractivity contribution < 1.29 is 0 Å². The number of rotatable bonds is 6. The minimum absolute atomic E-state index is 0.582. The Bertz CT molecular complexity index is 397. The topological polar surface area (TPSA) is 15.3 Å². The molecular formula is C18H28N2. The van der Waals surface area contributed by atoms with Crippen molar-refractivity contribution in [3.8, 4) is 0 Å². The van der Waals surface area contributed by atoms with Crippen molar-refractivity contribution in [1.82, 2.24) is 10.2 Å². The Morgan fingerprint density at radius 2 is 2.05 bits per heavy atom. The highest BCUT2D eigenvalue weighted by Gasteiger charge is 2.20. The molecule has 1 aliphatic rings. The molecule has 0 aromatic heterocycles. The fourth-order valence-electron chi connectivity index (χ4n) is 2.79. The SMILES string of the molecule is CC(C)NCC1CCCCN1CC=Cc1ccccc1. The van der Waals surface area contributed by atoms with Gasteiger partial charge in [-0.1, -0.05) is 62.8 Å². The summed E-state index contributed by atoms with van der Waals surface area (Å²) in [5.41, 5.74) is 1.29. The first kappa shape index (κ1) is 15.3. The molecular weight excluding hydrogens is 244 g/mol. The normalized spacial score (nSPS) is 20.9. The molecule has 1 heterocycles. The zero-order valence-electron chi connectivity index (χ0n) is 12.9. The Hall–Kier alpha value is -1.12. The largest absolute Gasteiger partial charge is 0.313 e. The van der Waals surface area contributed by atoms with E-state index in [0.717, 1.165) is 13.1 Å². The van der Waals surface area contributed by atoms with Crippen LogP contribution in [-0.4, -0.2) is 36.6 Å². The maximum Gasteiger partial charge on any atom is 0.0224 e. The molecule has 0 radical (unpaired) electrons. The molecule has 1 atom stereocenters. The van der Waals surface area contributed by atoms with Gasteiger partial charge in [-0.3, -0.25) is 4.90 Å². The van der Waals surface area contributed by atoms with Gasteiger partial charge in [-0.15, -0.1) is 0 Å². The van der Waals surface area contributed by atoms with Crippen LogP contribution in [0.25, 0.3) is 6.08 Å². The maximum absolute atomic E-state index is 3.59. The second-order valence-corrected chi connectivity index (χ2v) is 6.02. The summed E-state index contributed by atoms with van der Waals surface area (Å²) in [5.74, 6) is 0. The molecule has 2 rings (SSSR count). The molecule has 1 aromatic carbocycles. The molecule has 0 bridgehead atoms. The van der Waals surface area contributed by atoms with Crippen molar-refractivity contribution in [1.29, 1.82) is 0 Å². The highest BCUT2D eigenvalue weighted by atomic mass is 15.2. The summed E-state index contributed by atoms with van der Waals surface area (Å²) >= 11 is 0. The number of nitrogens with one attached hydrogen (secondary N) is 1. The van der Waals surface area contributed by atoms with E-state index in [1.807, 2.05) is 0 Å². The van der Waals surface area contributed by atoms with Crippen LogP contribution in [0.2, 0.25) is 0 Å². The van der Waals surface area contributed by atoms with Crippen molar-refractivity contribution in [2.24, 2.45) is 0 Å². The zero-order valence-corrected chi connectivity index (χ0v) is 12.9. The third-order valence-electron chi connectivity index (χ3n) is 3.96. The molecule has 0 amide bonds. The van der Waals surface area contributed by atoms with Crippen LogP contribution in [0.4, 0.5) is 0 Å². The lowest BCUT2D eigenvalue weighted by atomic mass is 10.0. The van der Waals surface area contributed by atoms with E-state index in [9.17, 15) is 0 Å². The summed E-state index contributed by atoms with van der Waals surface area (Å²) in [6.07, 6.45) is 8.60. The van der Waals surface area contributed by atoms with Gasteiger partial charge in [-0.05, 0) is 24.9 Å². The predicted octanol–water partition coefficient (Wildman–Crippen LogP) is 3.55. The van der Waals surface area contributed by atoms with Gasteiger partial charge >= 0.3 is 0 Å². The molecule has 2 nitrogen and oxygen atoms in total. The van der Waals surface area contributed by atoms with E-state index in [-0.39, 0.29) is 0 Å². The number of nitrogens with zero attached hydrogens (tertiary/aromatic N) is 1. The quantitative estimate of drug-likeness (QED) is 0.852. The van der Waals surface area contributed by atoms with Crippen molar-refractivity contribution >= 4 is 6.08 Å². The highest BCUT2D eigenvalue weighted by Crippen LogP contribution is 2.16. The minimum Gasteiger partial charge on any atom is -0.313 e. The van der Waals surface area contributed by atoms with Crippen LogP contribution in [-0.2, 0) is 0 Å². The van der Waals surface area contributed by atoms with Gasteiger partial charge in [0.05, 0.1) is 0 Å². The Morgan fingerprint density at radius 3 is 2.80 bits per heavy atom. The van der Waals surface area contributed by atoms with Crippen molar-refractivity contribution in [3.63, 3.8) is 0 Å². The van der Waals surface area contributed by atoms with Gasteiger partial charge in [0.2, 0.25) is 0 Å². The Balaban J connectivity index is 1.84. The third kappa shape index (κ3) is 5.10. The average molecular weight is 272 g/mol. The number of benzene rings is 1. The van der Waals surface area contributed by atoms with Gasteiger partial charge in [0, 0.05) is 25.2 Å². The van der Waals surface area contributed by atoms with E-state index in [1.54, 1.807) is 0 Å². The van der Waals surface area contributed by atoms with Crippen molar-refractivity contribution in [3.05, 3.63) is 42.0 Å². The molecule has 0 spiro atoms. The number of hydrogen-bond donors (Lipinski definition) is 1. The molecule has 2 heteroatoms. The predicted molar refractivity (Wildman–Crippen MR) is 87.8 cm³/mol. The standard InChI is InChI=1S/C18H28N2/c1-16(2)19-15-18-12-6-7-13-20(18)14-8-11-17-9-4-3-5-10-17/h3-5,8-11,16,18-19H,6-7,12-15H2,1-2H3. The van der Waals surface area contributed by atoms with Gasteiger partial charge < -0.3 is 5.32 Å². The van der Waals surface area contributed by atoms with Crippen LogP contribution in [0.1, 0.15) is 38.7 Å². The zero-order chi connectivity index (χ0) is 14.2. The van der Waals surface area contributed by atoms with Gasteiger partial charge in [-0.25, -0.2) is 0 Å². The van der Waals surface area contributed by atoms with Crippen LogP contribution in [0.3, 0.4) is 0 Å². The number of likely N-dealkylation sites (tertiary alicyclic amines) is 1. The van der Waals surface area contributed by atoms with E-state index >= 15 is 0 Å². The summed E-state index contributed by atoms with van der Waals surface area (Å²) in [4.78, 5) is 2.62. The van der Waals surface area contributed by atoms with E-state index < -0.39 is 0 Å². The lowest BCUT2D eigenvalue weighted by molar-refractivity contribution is 0.160. The molecule has 0 aliphatic carbocycles. The molecule has 1 N–H and O–H groups in total. The van der Waals surface area contributed by atoms with Crippen LogP contribution >= 0.6 is 0 Å². The average Bonchev–Trinajstić information content (AvgIpc) is 2.47. The first-order chi connectivity index (χ1) is 9.75. The fourth-order valence-corrected chi connectivity index (χ4v) is 2.79. The summed E-state index contributed by atoms with van der Waals surface area (Å²) in [6.45, 7) is 7.88. The first-order valence-corrected chi connectivity index (χ1v) is 7.95. The molecule has 1 saturated heterocycles. The summed E-state index contributed by atoms with van der Waals surface area (Å²) in [6, 6.07) is 11.8. The van der Waals surface area contributed by atoms with Crippen molar-refractivity contribution in [2.75, 3.05) is 19.6 Å². The van der Waals surface area contributed by atoms with Gasteiger partial charge in [-0.2, -0.15) is 0 Å². The summed E-state index contributed by atoms with van der Waals surface area (Å²) < 4.78 is 0. The second-order valence-electron chi connectivity index (χ2n) is 6.02. The molecule has 1 fully saturated rings. The Kier molecular flexibility index (Phi) is 6.28. The molecule has 1 aliphatic heterocycles. The Morgan fingerprint density at radius 1 is 1.25 bits per heavy atom. The molecule has 0 saturated carbocycles. The smallest absolute Gasteiger partial charge is 0.0224 e. The van der Waals surface area contributed by atoms with Crippen molar-refractivity contribution in [2.45, 2.75) is 45.2 Å². The summed E-state index contributed by atoms with van der Waals surface area (Å²) in [5, 5.41) is 3.59. The van der Waals surface area contributed by atoms with Crippen LogP contribution < -0.4 is 5.32 Å². The Labute approximate surface area is 123 Å². The third-order valence-corrected chi connectivity index (χ3v) is 3.96. The van der Waals surface area contributed by atoms with E-state index in [4.69, 9.17) is 0 Å². The lowest BCUT2D eigenvalue weighted by Crippen LogP contribution is -2.46. The highest BCUT2D eigenvalue weighted by molar-refractivity contribution is 5.48. The maximum atomic E-state index is 3.59. The van der Waals surface area contributed by atoms with Gasteiger partial charge in [0.25, 0.3) is 0 Å². The van der Waals surface area contributed by atoms with E-state index in [1.165, 1.54) is 31.4 Å². The van der Waals surface area contributed by atoms with Gasteiger partial charge in [0.1, 0.15) is 0 Å². The van der Waals surface area contributed by atoms with E-state index in [0.29, 0.717) is 12.1 Å². The van der Waals surface area contributed by atoms with Crippen LogP contribution in [0.5, 0.6) is 0 Å². The minimum atomic E-state index is 0.582. The monoisotopic (exact) mass is 272 g/mol.